The highest BCUT2D eigenvalue weighted by Crippen LogP contribution is 2.44. The zero-order valence-corrected chi connectivity index (χ0v) is 20.8. The molecule has 0 radical (unpaired) electrons. The van der Waals surface area contributed by atoms with Crippen molar-refractivity contribution in [2.24, 2.45) is 5.92 Å². The van der Waals surface area contributed by atoms with E-state index in [9.17, 15) is 9.90 Å². The lowest BCUT2D eigenvalue weighted by atomic mass is 9.73. The summed E-state index contributed by atoms with van der Waals surface area (Å²) in [6.45, 7) is 1.73. The van der Waals surface area contributed by atoms with E-state index in [0.717, 1.165) is 31.2 Å². The van der Waals surface area contributed by atoms with Gasteiger partial charge in [0.2, 0.25) is 0 Å². The standard InChI is InChI=1S/C29H35N3O4/c1-35-19-8-7-17-29(34,25-13-5-6-14-26(25)36-24-11-3-2-4-12-24)23-10-9-18-32(21-23)28(33)22-15-16-27(30)31-20-22/h2-6,11-16,20,23,34H,7-10,17-19,21H2,1H3,(H2,30,31)/t23?,29-/m0/s1. The average molecular weight is 490 g/mol. The third-order valence-corrected chi connectivity index (χ3v) is 6.90. The fourth-order valence-corrected chi connectivity index (χ4v) is 4.99. The van der Waals surface area contributed by atoms with Crippen LogP contribution in [0, 0.1) is 5.92 Å². The molecule has 1 fully saturated rings. The van der Waals surface area contributed by atoms with E-state index >= 15 is 0 Å². The van der Waals surface area contributed by atoms with E-state index in [1.165, 1.54) is 6.20 Å². The fraction of sp³-hybridized carbons (Fsp3) is 0.379. The number of amides is 1. The van der Waals surface area contributed by atoms with E-state index in [-0.39, 0.29) is 11.8 Å². The molecule has 1 aliphatic rings. The molecule has 2 heterocycles. The number of benzene rings is 2. The molecular formula is C29H35N3O4. The van der Waals surface area contributed by atoms with Gasteiger partial charge >= 0.3 is 0 Å². The second kappa shape index (κ2) is 12.0. The van der Waals surface area contributed by atoms with Crippen molar-refractivity contribution in [2.75, 3.05) is 32.5 Å². The number of hydrogen-bond acceptors (Lipinski definition) is 6. The first-order chi connectivity index (χ1) is 17.5. The predicted octanol–water partition coefficient (Wildman–Crippen LogP) is 5.01. The molecule has 1 saturated heterocycles. The molecule has 36 heavy (non-hydrogen) atoms. The minimum Gasteiger partial charge on any atom is -0.457 e. The Bertz CT molecular complexity index is 1120. The number of aromatic nitrogens is 1. The van der Waals surface area contributed by atoms with Crippen LogP contribution in [-0.2, 0) is 10.3 Å². The summed E-state index contributed by atoms with van der Waals surface area (Å²) in [5.74, 6) is 1.47. The Labute approximate surface area is 212 Å². The van der Waals surface area contributed by atoms with E-state index in [1.54, 1.807) is 19.2 Å². The van der Waals surface area contributed by atoms with Crippen LogP contribution in [0.3, 0.4) is 0 Å². The second-order valence-electron chi connectivity index (χ2n) is 9.35. The Morgan fingerprint density at radius 2 is 1.89 bits per heavy atom. The Morgan fingerprint density at radius 1 is 1.11 bits per heavy atom. The molecule has 1 unspecified atom stereocenters. The van der Waals surface area contributed by atoms with Gasteiger partial charge < -0.3 is 25.2 Å². The number of carbonyl (C=O) groups is 1. The molecule has 0 saturated carbocycles. The molecule has 0 bridgehead atoms. The van der Waals surface area contributed by atoms with Gasteiger partial charge in [-0.05, 0) is 62.4 Å². The minimum atomic E-state index is -1.17. The van der Waals surface area contributed by atoms with Gasteiger partial charge in [0.05, 0.1) is 11.2 Å². The molecule has 2 aromatic carbocycles. The Kier molecular flexibility index (Phi) is 8.57. The number of likely N-dealkylation sites (tertiary alicyclic amines) is 1. The third-order valence-electron chi connectivity index (χ3n) is 6.90. The van der Waals surface area contributed by atoms with Gasteiger partial charge in [-0.15, -0.1) is 0 Å². The molecule has 1 aromatic heterocycles. The number of para-hydroxylation sites is 2. The van der Waals surface area contributed by atoms with Gasteiger partial charge in [0, 0.05) is 44.5 Å². The van der Waals surface area contributed by atoms with Gasteiger partial charge in [-0.2, -0.15) is 0 Å². The zero-order valence-electron chi connectivity index (χ0n) is 20.8. The number of nitrogen functional groups attached to an aromatic ring is 1. The summed E-state index contributed by atoms with van der Waals surface area (Å²) < 4.78 is 11.5. The van der Waals surface area contributed by atoms with Crippen molar-refractivity contribution in [3.8, 4) is 11.5 Å². The van der Waals surface area contributed by atoms with Crippen LogP contribution in [0.25, 0.3) is 0 Å². The van der Waals surface area contributed by atoms with Crippen molar-refractivity contribution >= 4 is 11.7 Å². The SMILES string of the molecule is COCCCC[C@@](O)(c1ccccc1Oc1ccccc1)C1CCCN(C(=O)c2ccc(N)nc2)C1. The number of pyridine rings is 1. The number of rotatable bonds is 10. The highest BCUT2D eigenvalue weighted by Gasteiger charge is 2.43. The first kappa shape index (κ1) is 25.7. The van der Waals surface area contributed by atoms with Crippen LogP contribution in [0.1, 0.15) is 48.0 Å². The normalized spacial score (nSPS) is 17.4. The van der Waals surface area contributed by atoms with E-state index < -0.39 is 5.60 Å². The highest BCUT2D eigenvalue weighted by molar-refractivity contribution is 5.94. The molecule has 0 spiro atoms. The summed E-state index contributed by atoms with van der Waals surface area (Å²) >= 11 is 0. The van der Waals surface area contributed by atoms with Crippen molar-refractivity contribution in [2.45, 2.75) is 37.7 Å². The largest absolute Gasteiger partial charge is 0.457 e. The number of nitrogens with zero attached hydrogens (tertiary/aromatic N) is 2. The summed E-state index contributed by atoms with van der Waals surface area (Å²) in [6.07, 6.45) is 5.30. The first-order valence-electron chi connectivity index (χ1n) is 12.6. The monoisotopic (exact) mass is 489 g/mol. The fourth-order valence-electron chi connectivity index (χ4n) is 4.99. The van der Waals surface area contributed by atoms with Crippen LogP contribution in [0.2, 0.25) is 0 Å². The molecule has 0 aliphatic carbocycles. The molecule has 3 aromatic rings. The lowest BCUT2D eigenvalue weighted by Crippen LogP contribution is -2.48. The summed E-state index contributed by atoms with van der Waals surface area (Å²) in [7, 11) is 1.69. The maximum atomic E-state index is 13.2. The van der Waals surface area contributed by atoms with Gasteiger partial charge in [-0.3, -0.25) is 4.79 Å². The maximum Gasteiger partial charge on any atom is 0.255 e. The van der Waals surface area contributed by atoms with Gasteiger partial charge in [-0.1, -0.05) is 36.4 Å². The van der Waals surface area contributed by atoms with Crippen molar-refractivity contribution < 1.29 is 19.4 Å². The number of hydrogen-bond donors (Lipinski definition) is 2. The van der Waals surface area contributed by atoms with Crippen LogP contribution in [0.15, 0.2) is 72.9 Å². The van der Waals surface area contributed by atoms with E-state index in [0.29, 0.717) is 49.0 Å². The number of anilines is 1. The molecule has 3 N–H and O–H groups in total. The van der Waals surface area contributed by atoms with Gasteiger partial charge in [0.1, 0.15) is 17.3 Å². The van der Waals surface area contributed by atoms with Crippen LogP contribution in [0.5, 0.6) is 11.5 Å². The maximum absolute atomic E-state index is 13.2. The molecule has 190 valence electrons. The quantitative estimate of drug-likeness (QED) is 0.389. The van der Waals surface area contributed by atoms with E-state index in [1.807, 2.05) is 59.5 Å². The number of aliphatic hydroxyl groups is 1. The number of ether oxygens (including phenoxy) is 2. The second-order valence-corrected chi connectivity index (χ2v) is 9.35. The molecule has 1 aliphatic heterocycles. The van der Waals surface area contributed by atoms with Gasteiger partial charge in [0.15, 0.2) is 0 Å². The summed E-state index contributed by atoms with van der Waals surface area (Å²) in [6, 6.07) is 20.6. The van der Waals surface area contributed by atoms with Crippen molar-refractivity contribution in [1.82, 2.24) is 9.88 Å². The van der Waals surface area contributed by atoms with Crippen LogP contribution >= 0.6 is 0 Å². The smallest absolute Gasteiger partial charge is 0.255 e. The molecule has 7 nitrogen and oxygen atoms in total. The Morgan fingerprint density at radius 3 is 2.64 bits per heavy atom. The summed E-state index contributed by atoms with van der Waals surface area (Å²) in [5, 5.41) is 12.4. The predicted molar refractivity (Wildman–Crippen MR) is 140 cm³/mol. The van der Waals surface area contributed by atoms with E-state index in [2.05, 4.69) is 4.98 Å². The molecule has 2 atom stereocenters. The van der Waals surface area contributed by atoms with Crippen LogP contribution in [0.4, 0.5) is 5.82 Å². The number of carbonyl (C=O) groups excluding carboxylic acids is 1. The van der Waals surface area contributed by atoms with Crippen molar-refractivity contribution in [1.29, 1.82) is 0 Å². The number of methoxy groups -OCH3 is 1. The minimum absolute atomic E-state index is 0.0947. The lowest BCUT2D eigenvalue weighted by Gasteiger charge is -2.43. The Hall–Kier alpha value is -3.42. The van der Waals surface area contributed by atoms with Crippen LogP contribution in [-0.4, -0.2) is 47.7 Å². The topological polar surface area (TPSA) is 97.9 Å². The Balaban J connectivity index is 1.62. The van der Waals surface area contributed by atoms with Crippen molar-refractivity contribution in [3.05, 3.63) is 84.1 Å². The van der Waals surface area contributed by atoms with Crippen LogP contribution < -0.4 is 10.5 Å². The number of unbranched alkanes of at least 4 members (excludes halogenated alkanes) is 1. The molecular weight excluding hydrogens is 454 g/mol. The highest BCUT2D eigenvalue weighted by atomic mass is 16.5. The van der Waals surface area contributed by atoms with E-state index in [4.69, 9.17) is 15.2 Å². The lowest BCUT2D eigenvalue weighted by molar-refractivity contribution is -0.0589. The van der Waals surface area contributed by atoms with Gasteiger partial charge in [0.25, 0.3) is 5.91 Å². The average Bonchev–Trinajstić information content (AvgIpc) is 2.92. The number of nitrogens with two attached hydrogens (primary N) is 1. The molecule has 1 amide bonds. The van der Waals surface area contributed by atoms with Gasteiger partial charge in [-0.25, -0.2) is 4.98 Å². The molecule has 4 rings (SSSR count). The molecule has 7 heteroatoms. The number of piperidine rings is 1. The summed E-state index contributed by atoms with van der Waals surface area (Å²) in [4.78, 5) is 19.1. The third kappa shape index (κ3) is 6.04. The zero-order chi connectivity index (χ0) is 25.4. The van der Waals surface area contributed by atoms with Crippen molar-refractivity contribution in [3.63, 3.8) is 0 Å². The first-order valence-corrected chi connectivity index (χ1v) is 12.6. The summed E-state index contributed by atoms with van der Waals surface area (Å²) in [5.41, 5.74) is 5.78.